The fraction of sp³-hybridized carbons (Fsp3) is 0.556. The average molecular weight is 328 g/mol. The molecular formula is C18H24N4O2. The Labute approximate surface area is 142 Å². The lowest BCUT2D eigenvalue weighted by molar-refractivity contribution is -0.115. The number of hydrogen-bond donors (Lipinski definition) is 1. The summed E-state index contributed by atoms with van der Waals surface area (Å²) in [4.78, 5) is 11.0. The third-order valence-electron chi connectivity index (χ3n) is 5.12. The zero-order chi connectivity index (χ0) is 16.2. The van der Waals surface area contributed by atoms with Crippen molar-refractivity contribution in [2.75, 3.05) is 25.0 Å². The van der Waals surface area contributed by atoms with Crippen molar-refractivity contribution < 1.29 is 9.15 Å². The van der Waals surface area contributed by atoms with Crippen LogP contribution in [-0.4, -0.2) is 46.2 Å². The number of anilines is 1. The first-order valence-electron chi connectivity index (χ1n) is 8.74. The van der Waals surface area contributed by atoms with Crippen LogP contribution in [-0.2, 0) is 11.3 Å². The van der Waals surface area contributed by atoms with Gasteiger partial charge in [-0.1, -0.05) is 0 Å². The Hall–Kier alpha value is -1.92. The van der Waals surface area contributed by atoms with Crippen LogP contribution in [0.5, 0.6) is 0 Å². The summed E-state index contributed by atoms with van der Waals surface area (Å²) in [5.41, 5.74) is 0.00433. The predicted molar refractivity (Wildman–Crippen MR) is 90.6 cm³/mol. The van der Waals surface area contributed by atoms with Crippen molar-refractivity contribution in [3.05, 3.63) is 42.6 Å². The molecule has 0 amide bonds. The molecule has 0 aliphatic carbocycles. The van der Waals surface area contributed by atoms with Crippen LogP contribution < -0.4 is 5.32 Å². The maximum absolute atomic E-state index is 6.23. The molecule has 0 unspecified atom stereocenters. The van der Waals surface area contributed by atoms with Gasteiger partial charge in [0.25, 0.3) is 0 Å². The van der Waals surface area contributed by atoms with Gasteiger partial charge in [0.05, 0.1) is 18.4 Å². The molecule has 24 heavy (non-hydrogen) atoms. The van der Waals surface area contributed by atoms with E-state index in [9.17, 15) is 0 Å². The highest BCUT2D eigenvalue weighted by molar-refractivity contribution is 5.25. The number of piperidine rings is 1. The Morgan fingerprint density at radius 3 is 2.79 bits per heavy atom. The summed E-state index contributed by atoms with van der Waals surface area (Å²) in [6, 6.07) is 6.22. The first-order valence-corrected chi connectivity index (χ1v) is 8.74. The summed E-state index contributed by atoms with van der Waals surface area (Å²) in [6.07, 6.45) is 9.47. The summed E-state index contributed by atoms with van der Waals surface area (Å²) in [5.74, 6) is 1.76. The minimum absolute atomic E-state index is 0.00433. The van der Waals surface area contributed by atoms with E-state index in [2.05, 4.69) is 20.2 Å². The van der Waals surface area contributed by atoms with Crippen LogP contribution >= 0.6 is 0 Å². The molecule has 2 fully saturated rings. The molecule has 0 radical (unpaired) electrons. The van der Waals surface area contributed by atoms with Gasteiger partial charge in [-0.25, -0.2) is 9.97 Å². The van der Waals surface area contributed by atoms with E-state index in [0.29, 0.717) is 6.04 Å². The molecule has 1 spiro atoms. The number of rotatable bonds is 4. The Morgan fingerprint density at radius 2 is 2.04 bits per heavy atom. The Balaban J connectivity index is 1.32. The highest BCUT2D eigenvalue weighted by atomic mass is 16.5. The van der Waals surface area contributed by atoms with Crippen LogP contribution in [0.25, 0.3) is 0 Å². The van der Waals surface area contributed by atoms with Crippen LogP contribution in [0, 0.1) is 0 Å². The summed E-state index contributed by atoms with van der Waals surface area (Å²) in [5, 5.41) is 3.47. The summed E-state index contributed by atoms with van der Waals surface area (Å²) in [6.45, 7) is 3.80. The number of nitrogens with zero attached hydrogens (tertiary/aromatic N) is 3. The van der Waals surface area contributed by atoms with Crippen molar-refractivity contribution in [3.63, 3.8) is 0 Å². The van der Waals surface area contributed by atoms with Crippen molar-refractivity contribution >= 4 is 5.95 Å². The molecule has 2 aliphatic rings. The molecule has 1 atom stereocenters. The Bertz CT molecular complexity index is 624. The van der Waals surface area contributed by atoms with Crippen molar-refractivity contribution in [2.45, 2.75) is 43.9 Å². The van der Waals surface area contributed by atoms with Crippen LogP contribution in [0.2, 0.25) is 0 Å². The van der Waals surface area contributed by atoms with Gasteiger partial charge in [0, 0.05) is 38.1 Å². The smallest absolute Gasteiger partial charge is 0.222 e. The maximum Gasteiger partial charge on any atom is 0.222 e. The lowest BCUT2D eigenvalue weighted by Gasteiger charge is -2.46. The zero-order valence-electron chi connectivity index (χ0n) is 13.9. The molecule has 0 bridgehead atoms. The monoisotopic (exact) mass is 328 g/mol. The van der Waals surface area contributed by atoms with E-state index in [0.717, 1.165) is 63.6 Å². The SMILES string of the molecule is c1cnc(N[C@@H]2CCOC3(CCN(Cc4ccco4)CC3)C2)nc1. The van der Waals surface area contributed by atoms with Gasteiger partial charge in [-0.2, -0.15) is 0 Å². The normalized spacial score (nSPS) is 24.1. The molecule has 4 heterocycles. The first kappa shape index (κ1) is 15.6. The van der Waals surface area contributed by atoms with E-state index < -0.39 is 0 Å². The van der Waals surface area contributed by atoms with Gasteiger partial charge in [0.1, 0.15) is 5.76 Å². The molecule has 1 N–H and O–H groups in total. The van der Waals surface area contributed by atoms with Crippen molar-refractivity contribution in [3.8, 4) is 0 Å². The second kappa shape index (κ2) is 6.91. The van der Waals surface area contributed by atoms with Gasteiger partial charge in [0.2, 0.25) is 5.95 Å². The van der Waals surface area contributed by atoms with Gasteiger partial charge in [0.15, 0.2) is 0 Å². The van der Waals surface area contributed by atoms with E-state index >= 15 is 0 Å². The molecule has 0 saturated carbocycles. The molecule has 4 rings (SSSR count). The highest BCUT2D eigenvalue weighted by Gasteiger charge is 2.40. The largest absolute Gasteiger partial charge is 0.468 e. The summed E-state index contributed by atoms with van der Waals surface area (Å²) < 4.78 is 11.7. The van der Waals surface area contributed by atoms with Crippen molar-refractivity contribution in [1.82, 2.24) is 14.9 Å². The number of nitrogens with one attached hydrogen (secondary N) is 1. The van der Waals surface area contributed by atoms with Gasteiger partial charge in [-0.15, -0.1) is 0 Å². The second-order valence-corrected chi connectivity index (χ2v) is 6.79. The number of ether oxygens (including phenoxy) is 1. The number of likely N-dealkylation sites (tertiary alicyclic amines) is 1. The molecule has 128 valence electrons. The number of aromatic nitrogens is 2. The average Bonchev–Trinajstić information content (AvgIpc) is 3.11. The molecule has 0 aromatic carbocycles. The summed E-state index contributed by atoms with van der Waals surface area (Å²) >= 11 is 0. The third kappa shape index (κ3) is 3.60. The van der Waals surface area contributed by atoms with E-state index in [1.807, 2.05) is 18.2 Å². The predicted octanol–water partition coefficient (Wildman–Crippen LogP) is 2.70. The molecule has 6 heteroatoms. The van der Waals surface area contributed by atoms with Crippen LogP contribution in [0.4, 0.5) is 5.95 Å². The minimum atomic E-state index is 0.00433. The van der Waals surface area contributed by atoms with Crippen molar-refractivity contribution in [1.29, 1.82) is 0 Å². The molecule has 2 aromatic rings. The van der Waals surface area contributed by atoms with Crippen LogP contribution in [0.3, 0.4) is 0 Å². The van der Waals surface area contributed by atoms with Gasteiger partial charge < -0.3 is 14.5 Å². The van der Waals surface area contributed by atoms with E-state index in [1.165, 1.54) is 0 Å². The second-order valence-electron chi connectivity index (χ2n) is 6.79. The molecule has 2 aromatic heterocycles. The fourth-order valence-electron chi connectivity index (χ4n) is 3.80. The standard InChI is InChI=1S/C18H24N4O2/c1-3-16(23-11-1)14-22-9-5-18(6-10-22)13-15(4-12-24-18)21-17-19-7-2-8-20-17/h1-3,7-8,11,15H,4-6,9-10,12-14H2,(H,19,20,21)/t15-/m1/s1. The first-order chi connectivity index (χ1) is 11.8. The lowest BCUT2D eigenvalue weighted by Crippen LogP contribution is -2.51. The Morgan fingerprint density at radius 1 is 1.21 bits per heavy atom. The number of hydrogen-bond acceptors (Lipinski definition) is 6. The van der Waals surface area contributed by atoms with Crippen LogP contribution in [0.15, 0.2) is 41.3 Å². The quantitative estimate of drug-likeness (QED) is 0.931. The zero-order valence-corrected chi connectivity index (χ0v) is 13.9. The molecular weight excluding hydrogens is 304 g/mol. The lowest BCUT2D eigenvalue weighted by atomic mass is 9.82. The highest BCUT2D eigenvalue weighted by Crippen LogP contribution is 2.36. The van der Waals surface area contributed by atoms with E-state index in [4.69, 9.17) is 9.15 Å². The van der Waals surface area contributed by atoms with Gasteiger partial charge in [-0.05, 0) is 43.9 Å². The number of furan rings is 1. The molecule has 2 saturated heterocycles. The van der Waals surface area contributed by atoms with Gasteiger partial charge in [-0.3, -0.25) is 4.90 Å². The Kier molecular flexibility index (Phi) is 4.49. The third-order valence-corrected chi connectivity index (χ3v) is 5.12. The molecule has 2 aliphatic heterocycles. The maximum atomic E-state index is 6.23. The van der Waals surface area contributed by atoms with Gasteiger partial charge >= 0.3 is 0 Å². The fourth-order valence-corrected chi connectivity index (χ4v) is 3.80. The van der Waals surface area contributed by atoms with E-state index in [-0.39, 0.29) is 5.60 Å². The minimum Gasteiger partial charge on any atom is -0.468 e. The van der Waals surface area contributed by atoms with Crippen LogP contribution in [0.1, 0.15) is 31.4 Å². The van der Waals surface area contributed by atoms with E-state index in [1.54, 1.807) is 18.7 Å². The van der Waals surface area contributed by atoms with Crippen molar-refractivity contribution in [2.24, 2.45) is 0 Å². The topological polar surface area (TPSA) is 63.4 Å². The molecule has 6 nitrogen and oxygen atoms in total. The summed E-state index contributed by atoms with van der Waals surface area (Å²) in [7, 11) is 0.